The Balaban J connectivity index is 1.43. The van der Waals surface area contributed by atoms with Crippen molar-refractivity contribution in [2.24, 2.45) is 0 Å². The lowest BCUT2D eigenvalue weighted by atomic mass is 10.1. The third-order valence-electron chi connectivity index (χ3n) is 4.07. The lowest BCUT2D eigenvalue weighted by Crippen LogP contribution is -2.33. The summed E-state index contributed by atoms with van der Waals surface area (Å²) in [6.45, 7) is -0.160. The van der Waals surface area contributed by atoms with Crippen LogP contribution in [-0.2, 0) is 4.74 Å². The molecule has 0 saturated carbocycles. The highest BCUT2D eigenvalue weighted by molar-refractivity contribution is 6.21. The minimum absolute atomic E-state index is 0.0307. The van der Waals surface area contributed by atoms with E-state index in [4.69, 9.17) is 4.74 Å². The maximum atomic E-state index is 12.4. The molecule has 0 atom stereocenters. The second-order valence-electron chi connectivity index (χ2n) is 5.66. The molecular formula is C18H13N5O4. The van der Waals surface area contributed by atoms with Crippen LogP contribution in [-0.4, -0.2) is 55.6 Å². The third-order valence-corrected chi connectivity index (χ3v) is 4.07. The average Bonchev–Trinajstić information content (AvgIpc) is 3.32. The van der Waals surface area contributed by atoms with Crippen LogP contribution in [0.3, 0.4) is 0 Å². The van der Waals surface area contributed by atoms with Gasteiger partial charge in [0.25, 0.3) is 11.8 Å². The minimum Gasteiger partial charge on any atom is -0.460 e. The van der Waals surface area contributed by atoms with Crippen LogP contribution in [0, 0.1) is 0 Å². The van der Waals surface area contributed by atoms with E-state index in [9.17, 15) is 14.4 Å². The van der Waals surface area contributed by atoms with Gasteiger partial charge in [-0.1, -0.05) is 12.1 Å². The molecule has 0 aliphatic carbocycles. The van der Waals surface area contributed by atoms with E-state index in [1.54, 1.807) is 36.4 Å². The van der Waals surface area contributed by atoms with Gasteiger partial charge in [0.15, 0.2) is 5.82 Å². The molecule has 2 amide bonds. The van der Waals surface area contributed by atoms with E-state index in [-0.39, 0.29) is 24.5 Å². The Labute approximate surface area is 153 Å². The monoisotopic (exact) mass is 363 g/mol. The van der Waals surface area contributed by atoms with Crippen molar-refractivity contribution in [1.29, 1.82) is 0 Å². The molecule has 0 fully saturated rings. The van der Waals surface area contributed by atoms with Crippen molar-refractivity contribution in [3.8, 4) is 5.82 Å². The van der Waals surface area contributed by atoms with Crippen molar-refractivity contribution < 1.29 is 19.1 Å². The molecule has 1 aliphatic rings. The van der Waals surface area contributed by atoms with Gasteiger partial charge in [0.1, 0.15) is 24.8 Å². The van der Waals surface area contributed by atoms with Crippen molar-refractivity contribution in [1.82, 2.24) is 24.6 Å². The molecule has 9 heteroatoms. The number of hydrogen-bond acceptors (Lipinski definition) is 7. The molecule has 9 nitrogen and oxygen atoms in total. The van der Waals surface area contributed by atoms with Gasteiger partial charge >= 0.3 is 5.97 Å². The standard InChI is InChI=1S/C18H13N5O4/c24-16-12-4-1-2-5-13(12)17(25)22(16)8-9-27-18(26)14-6-3-7-20-15(14)23-11-19-10-21-23/h1-7,10-11H,8-9H2. The summed E-state index contributed by atoms with van der Waals surface area (Å²) < 4.78 is 6.59. The van der Waals surface area contributed by atoms with Crippen LogP contribution < -0.4 is 0 Å². The number of aromatic nitrogens is 4. The van der Waals surface area contributed by atoms with Gasteiger partial charge in [-0.2, -0.15) is 5.10 Å². The number of fused-ring (bicyclic) bond motifs is 1. The second kappa shape index (κ2) is 6.79. The number of pyridine rings is 1. The smallest absolute Gasteiger partial charge is 0.342 e. The Morgan fingerprint density at radius 1 is 1.04 bits per heavy atom. The first-order valence-electron chi connectivity index (χ1n) is 8.09. The SMILES string of the molecule is O=C(OCCN1C(=O)c2ccccc2C1=O)c1cccnc1-n1cncn1. The molecule has 0 N–H and O–H groups in total. The number of benzene rings is 1. The van der Waals surface area contributed by atoms with Crippen LogP contribution in [0.2, 0.25) is 0 Å². The van der Waals surface area contributed by atoms with Crippen LogP contribution in [0.15, 0.2) is 55.2 Å². The largest absolute Gasteiger partial charge is 0.460 e. The maximum absolute atomic E-state index is 12.4. The van der Waals surface area contributed by atoms with Crippen LogP contribution in [0.1, 0.15) is 31.1 Å². The van der Waals surface area contributed by atoms with Gasteiger partial charge in [0.05, 0.1) is 17.7 Å². The fourth-order valence-corrected chi connectivity index (χ4v) is 2.81. The first kappa shape index (κ1) is 16.6. The predicted molar refractivity (Wildman–Crippen MR) is 91.2 cm³/mol. The molecule has 2 aromatic heterocycles. The maximum Gasteiger partial charge on any atom is 0.342 e. The van der Waals surface area contributed by atoms with Gasteiger partial charge < -0.3 is 4.74 Å². The number of carbonyl (C=O) groups excluding carboxylic acids is 3. The van der Waals surface area contributed by atoms with Crippen molar-refractivity contribution in [2.75, 3.05) is 13.2 Å². The number of hydrogen-bond donors (Lipinski definition) is 0. The van der Waals surface area contributed by atoms with E-state index in [0.717, 1.165) is 4.90 Å². The Bertz CT molecular complexity index is 997. The summed E-state index contributed by atoms with van der Waals surface area (Å²) in [5, 5.41) is 3.95. The zero-order chi connectivity index (χ0) is 18.8. The Hall–Kier alpha value is -3.88. The van der Waals surface area contributed by atoms with Crippen LogP contribution >= 0.6 is 0 Å². The van der Waals surface area contributed by atoms with Gasteiger partial charge in [-0.15, -0.1) is 0 Å². The van der Waals surface area contributed by atoms with Crippen LogP contribution in [0.25, 0.3) is 5.82 Å². The second-order valence-corrected chi connectivity index (χ2v) is 5.66. The Morgan fingerprint density at radius 2 is 1.78 bits per heavy atom. The molecule has 3 aromatic rings. The summed E-state index contributed by atoms with van der Waals surface area (Å²) in [5.74, 6) is -1.14. The Morgan fingerprint density at radius 3 is 2.44 bits per heavy atom. The van der Waals surface area contributed by atoms with Gasteiger partial charge in [-0.25, -0.2) is 19.4 Å². The molecule has 0 unspecified atom stereocenters. The molecule has 3 heterocycles. The van der Waals surface area contributed by atoms with E-state index in [1.807, 2.05) is 0 Å². The topological polar surface area (TPSA) is 107 Å². The predicted octanol–water partition coefficient (Wildman–Crippen LogP) is 1.12. The zero-order valence-electron chi connectivity index (χ0n) is 14.0. The van der Waals surface area contributed by atoms with Crippen molar-refractivity contribution in [3.05, 3.63) is 71.9 Å². The van der Waals surface area contributed by atoms with E-state index < -0.39 is 17.8 Å². The first-order valence-corrected chi connectivity index (χ1v) is 8.09. The molecule has 134 valence electrons. The first-order chi connectivity index (χ1) is 13.2. The molecule has 0 radical (unpaired) electrons. The van der Waals surface area contributed by atoms with E-state index in [2.05, 4.69) is 15.1 Å². The number of esters is 1. The number of carbonyl (C=O) groups is 3. The molecule has 1 aromatic carbocycles. The fraction of sp³-hybridized carbons (Fsp3) is 0.111. The van der Waals surface area contributed by atoms with Crippen molar-refractivity contribution in [2.45, 2.75) is 0 Å². The summed E-state index contributed by atoms with van der Waals surface area (Å²) in [6.07, 6.45) is 4.26. The van der Waals surface area contributed by atoms with Crippen LogP contribution in [0.5, 0.6) is 0 Å². The van der Waals surface area contributed by atoms with Gasteiger partial charge in [-0.3, -0.25) is 14.5 Å². The lowest BCUT2D eigenvalue weighted by Gasteiger charge is -2.14. The highest BCUT2D eigenvalue weighted by atomic mass is 16.5. The number of ether oxygens (including phenoxy) is 1. The summed E-state index contributed by atoms with van der Waals surface area (Å²) in [7, 11) is 0. The average molecular weight is 363 g/mol. The normalized spacial score (nSPS) is 13.0. The molecule has 1 aliphatic heterocycles. The highest BCUT2D eigenvalue weighted by Gasteiger charge is 2.34. The van der Waals surface area contributed by atoms with E-state index in [0.29, 0.717) is 11.1 Å². The van der Waals surface area contributed by atoms with Gasteiger partial charge in [-0.05, 0) is 24.3 Å². The summed E-state index contributed by atoms with van der Waals surface area (Å²) in [5.41, 5.74) is 0.912. The molecular weight excluding hydrogens is 350 g/mol. The summed E-state index contributed by atoms with van der Waals surface area (Å²) in [4.78, 5) is 46.0. The highest BCUT2D eigenvalue weighted by Crippen LogP contribution is 2.22. The third kappa shape index (κ3) is 2.95. The zero-order valence-corrected chi connectivity index (χ0v) is 14.0. The summed E-state index contributed by atoms with van der Waals surface area (Å²) in [6, 6.07) is 9.74. The van der Waals surface area contributed by atoms with Crippen LogP contribution in [0.4, 0.5) is 0 Å². The quantitative estimate of drug-likeness (QED) is 0.494. The van der Waals surface area contributed by atoms with Crippen molar-refractivity contribution in [3.63, 3.8) is 0 Å². The summed E-state index contributed by atoms with van der Waals surface area (Å²) >= 11 is 0. The molecule has 27 heavy (non-hydrogen) atoms. The molecule has 0 saturated heterocycles. The fourth-order valence-electron chi connectivity index (χ4n) is 2.81. The molecule has 0 bridgehead atoms. The number of imide groups is 1. The number of amides is 2. The Kier molecular flexibility index (Phi) is 4.17. The molecule has 0 spiro atoms. The van der Waals surface area contributed by atoms with E-state index in [1.165, 1.54) is 23.5 Å². The van der Waals surface area contributed by atoms with Gasteiger partial charge in [0.2, 0.25) is 0 Å². The van der Waals surface area contributed by atoms with Gasteiger partial charge in [0, 0.05) is 6.20 Å². The lowest BCUT2D eigenvalue weighted by molar-refractivity contribution is 0.0420. The van der Waals surface area contributed by atoms with Crippen molar-refractivity contribution >= 4 is 17.8 Å². The molecule has 4 rings (SSSR count). The number of rotatable bonds is 5. The number of nitrogens with zero attached hydrogens (tertiary/aromatic N) is 5. The van der Waals surface area contributed by atoms with E-state index >= 15 is 0 Å². The minimum atomic E-state index is -0.634.